The van der Waals surface area contributed by atoms with Crippen LogP contribution in [0.25, 0.3) is 0 Å². The number of aliphatic hydroxyl groups is 1. The molecule has 5 nitrogen and oxygen atoms in total. The van der Waals surface area contributed by atoms with E-state index >= 15 is 0 Å². The fourth-order valence-corrected chi connectivity index (χ4v) is 1.32. The van der Waals surface area contributed by atoms with E-state index < -0.39 is 5.79 Å². The zero-order chi connectivity index (χ0) is 11.1. The van der Waals surface area contributed by atoms with Crippen LogP contribution in [-0.4, -0.2) is 34.9 Å². The van der Waals surface area contributed by atoms with Crippen molar-refractivity contribution in [3.8, 4) is 0 Å². The number of aliphatic hydroxyl groups excluding tert-OH is 1. The summed E-state index contributed by atoms with van der Waals surface area (Å²) in [6, 6.07) is 0. The number of hydrogen-bond acceptors (Lipinski definition) is 5. The molecule has 1 aromatic rings. The van der Waals surface area contributed by atoms with Crippen LogP contribution in [0.15, 0.2) is 18.6 Å². The second kappa shape index (κ2) is 5.75. The van der Waals surface area contributed by atoms with Crippen LogP contribution < -0.4 is 0 Å². The highest BCUT2D eigenvalue weighted by molar-refractivity contribution is 5.04. The molecule has 0 aliphatic carbocycles. The molecule has 0 fully saturated rings. The average molecular weight is 212 g/mol. The predicted molar refractivity (Wildman–Crippen MR) is 54.0 cm³/mol. The first-order valence-electron chi connectivity index (χ1n) is 4.94. The fourth-order valence-electron chi connectivity index (χ4n) is 1.32. The molecule has 0 saturated carbocycles. The molecule has 0 bridgehead atoms. The van der Waals surface area contributed by atoms with Crippen molar-refractivity contribution in [2.24, 2.45) is 0 Å². The van der Waals surface area contributed by atoms with E-state index in [1.165, 1.54) is 12.4 Å². The molecule has 0 aliphatic heterocycles. The van der Waals surface area contributed by atoms with Crippen LogP contribution in [0.3, 0.4) is 0 Å². The van der Waals surface area contributed by atoms with Gasteiger partial charge in [-0.1, -0.05) is 0 Å². The third kappa shape index (κ3) is 2.71. The van der Waals surface area contributed by atoms with Gasteiger partial charge in [0.1, 0.15) is 12.3 Å². The molecular weight excluding hydrogens is 196 g/mol. The summed E-state index contributed by atoms with van der Waals surface area (Å²) in [5.41, 5.74) is 0.483. The summed E-state index contributed by atoms with van der Waals surface area (Å²) >= 11 is 0. The van der Waals surface area contributed by atoms with Crippen molar-refractivity contribution in [1.29, 1.82) is 0 Å². The highest BCUT2D eigenvalue weighted by Gasteiger charge is 2.34. The molecule has 1 rings (SSSR count). The van der Waals surface area contributed by atoms with Crippen molar-refractivity contribution in [3.63, 3.8) is 0 Å². The van der Waals surface area contributed by atoms with Crippen LogP contribution in [0.5, 0.6) is 0 Å². The molecule has 0 saturated heterocycles. The quantitative estimate of drug-likeness (QED) is 0.703. The van der Waals surface area contributed by atoms with Crippen molar-refractivity contribution in [2.45, 2.75) is 19.6 Å². The minimum absolute atomic E-state index is 0.284. The van der Waals surface area contributed by atoms with E-state index in [4.69, 9.17) is 9.47 Å². The average Bonchev–Trinajstić information content (AvgIpc) is 2.30. The number of aromatic nitrogens is 2. The summed E-state index contributed by atoms with van der Waals surface area (Å²) < 4.78 is 10.9. The molecule has 1 aromatic heterocycles. The summed E-state index contributed by atoms with van der Waals surface area (Å²) in [7, 11) is 0. The van der Waals surface area contributed by atoms with Gasteiger partial charge in [0.05, 0.1) is 6.20 Å². The molecule has 1 heterocycles. The Bertz CT molecular complexity index is 273. The van der Waals surface area contributed by atoms with Crippen LogP contribution >= 0.6 is 0 Å². The zero-order valence-corrected chi connectivity index (χ0v) is 9.01. The number of rotatable bonds is 6. The summed E-state index contributed by atoms with van der Waals surface area (Å²) in [5, 5.41) is 9.37. The van der Waals surface area contributed by atoms with Crippen molar-refractivity contribution < 1.29 is 14.6 Å². The molecule has 1 N–H and O–H groups in total. The first-order chi connectivity index (χ1) is 7.29. The Balaban J connectivity index is 2.97. The van der Waals surface area contributed by atoms with Gasteiger partial charge in [-0.2, -0.15) is 0 Å². The number of ether oxygens (including phenoxy) is 2. The van der Waals surface area contributed by atoms with Crippen LogP contribution in [0.4, 0.5) is 0 Å². The Labute approximate surface area is 89.1 Å². The third-order valence-corrected chi connectivity index (χ3v) is 1.92. The van der Waals surface area contributed by atoms with E-state index in [9.17, 15) is 5.11 Å². The molecule has 0 aromatic carbocycles. The molecule has 0 unspecified atom stereocenters. The second-order valence-corrected chi connectivity index (χ2v) is 2.87. The lowest BCUT2D eigenvalue weighted by molar-refractivity contribution is -0.263. The van der Waals surface area contributed by atoms with Gasteiger partial charge < -0.3 is 14.6 Å². The maximum Gasteiger partial charge on any atom is 0.237 e. The Morgan fingerprint density at radius 3 is 2.33 bits per heavy atom. The maximum absolute atomic E-state index is 9.37. The van der Waals surface area contributed by atoms with Gasteiger partial charge in [-0.25, -0.2) is 0 Å². The van der Waals surface area contributed by atoms with Gasteiger partial charge >= 0.3 is 0 Å². The van der Waals surface area contributed by atoms with Gasteiger partial charge in [0, 0.05) is 25.6 Å². The summed E-state index contributed by atoms with van der Waals surface area (Å²) in [4.78, 5) is 8.02. The molecule has 0 aliphatic rings. The lowest BCUT2D eigenvalue weighted by Crippen LogP contribution is -2.38. The molecule has 15 heavy (non-hydrogen) atoms. The van der Waals surface area contributed by atoms with Gasteiger partial charge in [-0.05, 0) is 13.8 Å². The first-order valence-corrected chi connectivity index (χ1v) is 4.94. The normalized spacial score (nSPS) is 11.7. The van der Waals surface area contributed by atoms with E-state index in [1.807, 2.05) is 13.8 Å². The van der Waals surface area contributed by atoms with Gasteiger partial charge in [0.15, 0.2) is 0 Å². The van der Waals surface area contributed by atoms with Gasteiger partial charge in [0.2, 0.25) is 5.79 Å². The highest BCUT2D eigenvalue weighted by atomic mass is 16.7. The Morgan fingerprint density at radius 2 is 1.93 bits per heavy atom. The summed E-state index contributed by atoms with van der Waals surface area (Å²) in [6.45, 7) is 4.24. The van der Waals surface area contributed by atoms with Crippen molar-refractivity contribution in [3.05, 3.63) is 24.3 Å². The zero-order valence-electron chi connectivity index (χ0n) is 9.01. The third-order valence-electron chi connectivity index (χ3n) is 1.92. The Kier molecular flexibility index (Phi) is 4.61. The lowest BCUT2D eigenvalue weighted by Gasteiger charge is -2.30. The van der Waals surface area contributed by atoms with E-state index in [-0.39, 0.29) is 6.61 Å². The molecule has 0 spiro atoms. The molecule has 0 amide bonds. The molecule has 0 atom stereocenters. The Hall–Kier alpha value is -1.04. The lowest BCUT2D eigenvalue weighted by atomic mass is 10.2. The number of hydrogen-bond donors (Lipinski definition) is 1. The molecular formula is C10H16N2O3. The smallest absolute Gasteiger partial charge is 0.237 e. The van der Waals surface area contributed by atoms with Crippen LogP contribution in [0, 0.1) is 0 Å². The van der Waals surface area contributed by atoms with Crippen LogP contribution in [0.1, 0.15) is 19.5 Å². The largest absolute Gasteiger partial charge is 0.390 e. The second-order valence-electron chi connectivity index (χ2n) is 2.87. The maximum atomic E-state index is 9.37. The number of nitrogens with zero attached hydrogens (tertiary/aromatic N) is 2. The summed E-state index contributed by atoms with van der Waals surface area (Å²) in [6.07, 6.45) is 4.63. The van der Waals surface area contributed by atoms with E-state index in [0.29, 0.717) is 18.9 Å². The fraction of sp³-hybridized carbons (Fsp3) is 0.600. The minimum atomic E-state index is -1.18. The summed E-state index contributed by atoms with van der Waals surface area (Å²) in [5.74, 6) is -1.18. The van der Waals surface area contributed by atoms with Crippen LogP contribution in [0.2, 0.25) is 0 Å². The SMILES string of the molecule is CCOC(CO)(OCC)c1cnccn1. The van der Waals surface area contributed by atoms with E-state index in [2.05, 4.69) is 9.97 Å². The van der Waals surface area contributed by atoms with Gasteiger partial charge in [-0.15, -0.1) is 0 Å². The van der Waals surface area contributed by atoms with Crippen LogP contribution in [-0.2, 0) is 15.3 Å². The molecule has 0 radical (unpaired) electrons. The van der Waals surface area contributed by atoms with Crippen molar-refractivity contribution >= 4 is 0 Å². The molecule has 5 heteroatoms. The standard InChI is InChI=1S/C10H16N2O3/c1-3-14-10(8-13,15-4-2)9-7-11-5-6-12-9/h5-7,13H,3-4,8H2,1-2H3. The monoisotopic (exact) mass is 212 g/mol. The van der Waals surface area contributed by atoms with E-state index in [1.54, 1.807) is 6.20 Å². The van der Waals surface area contributed by atoms with Crippen molar-refractivity contribution in [2.75, 3.05) is 19.8 Å². The topological polar surface area (TPSA) is 64.5 Å². The molecule has 84 valence electrons. The van der Waals surface area contributed by atoms with Gasteiger partial charge in [-0.3, -0.25) is 9.97 Å². The first kappa shape index (κ1) is 12.0. The van der Waals surface area contributed by atoms with E-state index in [0.717, 1.165) is 0 Å². The van der Waals surface area contributed by atoms with Crippen molar-refractivity contribution in [1.82, 2.24) is 9.97 Å². The predicted octanol–water partition coefficient (Wildman–Crippen LogP) is 0.695. The Morgan fingerprint density at radius 1 is 1.27 bits per heavy atom. The minimum Gasteiger partial charge on any atom is -0.390 e. The highest BCUT2D eigenvalue weighted by Crippen LogP contribution is 2.24. The van der Waals surface area contributed by atoms with Gasteiger partial charge in [0.25, 0.3) is 0 Å².